The fourth-order valence-corrected chi connectivity index (χ4v) is 1.75. The molecule has 0 aliphatic rings. The summed E-state index contributed by atoms with van der Waals surface area (Å²) in [5.74, 6) is -1.23. The quantitative estimate of drug-likeness (QED) is 0.806. The molecule has 1 aromatic heterocycles. The van der Waals surface area contributed by atoms with Crippen LogP contribution in [0.4, 0.5) is 16.2 Å². The Morgan fingerprint density at radius 2 is 1.85 bits per heavy atom. The number of halogens is 1. The Hall–Kier alpha value is -2.67. The number of anilines is 2. The zero-order valence-corrected chi connectivity index (χ0v) is 10.8. The van der Waals surface area contributed by atoms with Gasteiger partial charge in [0.2, 0.25) is 0 Å². The zero-order chi connectivity index (χ0) is 14.5. The summed E-state index contributed by atoms with van der Waals surface area (Å²) in [6.07, 6.45) is 4.13. The standard InChI is InChI=1S/C12H9ClN4O3/c13-8-2-1-3-9(10(8)11(18)19)17-12(20)16-7-4-14-6-15-5-7/h1-6H,(H,18,19)(H2,16,17,20). The van der Waals surface area contributed by atoms with Crippen molar-refractivity contribution in [3.8, 4) is 0 Å². The first kappa shape index (κ1) is 13.8. The monoisotopic (exact) mass is 292 g/mol. The van der Waals surface area contributed by atoms with Crippen molar-refractivity contribution in [3.05, 3.63) is 47.5 Å². The molecule has 2 aromatic rings. The largest absolute Gasteiger partial charge is 0.478 e. The van der Waals surface area contributed by atoms with E-state index < -0.39 is 12.0 Å². The summed E-state index contributed by atoms with van der Waals surface area (Å²) >= 11 is 5.80. The number of carboxylic acid groups (broad SMARTS) is 1. The van der Waals surface area contributed by atoms with Crippen molar-refractivity contribution in [1.29, 1.82) is 0 Å². The van der Waals surface area contributed by atoms with Crippen LogP contribution in [0.15, 0.2) is 36.9 Å². The second kappa shape index (κ2) is 5.98. The lowest BCUT2D eigenvalue weighted by atomic mass is 10.2. The van der Waals surface area contributed by atoms with E-state index in [-0.39, 0.29) is 16.3 Å². The van der Waals surface area contributed by atoms with Gasteiger partial charge in [-0.3, -0.25) is 0 Å². The topological polar surface area (TPSA) is 104 Å². The predicted molar refractivity (Wildman–Crippen MR) is 73.1 cm³/mol. The molecule has 0 saturated heterocycles. The number of hydrogen-bond acceptors (Lipinski definition) is 4. The average molecular weight is 293 g/mol. The highest BCUT2D eigenvalue weighted by atomic mass is 35.5. The molecule has 0 atom stereocenters. The molecule has 7 nitrogen and oxygen atoms in total. The summed E-state index contributed by atoms with van der Waals surface area (Å²) < 4.78 is 0. The van der Waals surface area contributed by atoms with E-state index in [1.807, 2.05) is 0 Å². The summed E-state index contributed by atoms with van der Waals surface area (Å²) in [5.41, 5.74) is 0.303. The zero-order valence-electron chi connectivity index (χ0n) is 10.0. The fourth-order valence-electron chi connectivity index (χ4n) is 1.49. The molecule has 0 bridgehead atoms. The van der Waals surface area contributed by atoms with Crippen LogP contribution in [0.25, 0.3) is 0 Å². The highest BCUT2D eigenvalue weighted by Gasteiger charge is 2.16. The Kier molecular flexibility index (Phi) is 4.11. The van der Waals surface area contributed by atoms with Gasteiger partial charge in [0.1, 0.15) is 11.9 Å². The van der Waals surface area contributed by atoms with Gasteiger partial charge in [0, 0.05) is 0 Å². The smallest absolute Gasteiger partial charge is 0.339 e. The highest BCUT2D eigenvalue weighted by Crippen LogP contribution is 2.24. The molecule has 0 saturated carbocycles. The average Bonchev–Trinajstić information content (AvgIpc) is 2.39. The third-order valence-corrected chi connectivity index (χ3v) is 2.61. The molecule has 0 aliphatic heterocycles. The van der Waals surface area contributed by atoms with E-state index in [9.17, 15) is 9.59 Å². The summed E-state index contributed by atoms with van der Waals surface area (Å²) in [7, 11) is 0. The first-order chi connectivity index (χ1) is 9.58. The third-order valence-electron chi connectivity index (χ3n) is 2.29. The van der Waals surface area contributed by atoms with Crippen LogP contribution in [0, 0.1) is 0 Å². The predicted octanol–water partition coefficient (Wildman–Crippen LogP) is 2.47. The van der Waals surface area contributed by atoms with E-state index in [2.05, 4.69) is 20.6 Å². The van der Waals surface area contributed by atoms with E-state index in [1.54, 1.807) is 0 Å². The number of amides is 2. The number of carboxylic acids is 1. The Balaban J connectivity index is 2.16. The molecule has 0 unspecified atom stereocenters. The molecule has 0 aliphatic carbocycles. The van der Waals surface area contributed by atoms with Gasteiger partial charge in [-0.2, -0.15) is 0 Å². The number of nitrogens with zero attached hydrogens (tertiary/aromatic N) is 2. The maximum atomic E-state index is 11.8. The minimum absolute atomic E-state index is 0.0401. The molecule has 2 amide bonds. The number of nitrogens with one attached hydrogen (secondary N) is 2. The van der Waals surface area contributed by atoms with Crippen LogP contribution in [0.3, 0.4) is 0 Å². The van der Waals surface area contributed by atoms with Crippen LogP contribution in [0.2, 0.25) is 5.02 Å². The van der Waals surface area contributed by atoms with Crippen molar-refractivity contribution in [3.63, 3.8) is 0 Å². The van der Waals surface area contributed by atoms with Gasteiger partial charge in [-0.05, 0) is 12.1 Å². The van der Waals surface area contributed by atoms with Crippen LogP contribution in [-0.2, 0) is 0 Å². The molecule has 1 aromatic carbocycles. The van der Waals surface area contributed by atoms with Gasteiger partial charge < -0.3 is 15.7 Å². The van der Waals surface area contributed by atoms with Crippen LogP contribution >= 0.6 is 11.6 Å². The van der Waals surface area contributed by atoms with Gasteiger partial charge >= 0.3 is 12.0 Å². The van der Waals surface area contributed by atoms with Crippen molar-refractivity contribution in [2.45, 2.75) is 0 Å². The van der Waals surface area contributed by atoms with E-state index in [1.165, 1.54) is 36.9 Å². The summed E-state index contributed by atoms with van der Waals surface area (Å²) in [6.45, 7) is 0. The van der Waals surface area contributed by atoms with Crippen molar-refractivity contribution >= 4 is 35.0 Å². The lowest BCUT2D eigenvalue weighted by molar-refractivity contribution is 0.0698. The van der Waals surface area contributed by atoms with Crippen molar-refractivity contribution in [2.75, 3.05) is 10.6 Å². The van der Waals surface area contributed by atoms with Crippen LogP contribution in [0.5, 0.6) is 0 Å². The van der Waals surface area contributed by atoms with Crippen LogP contribution in [0.1, 0.15) is 10.4 Å². The minimum atomic E-state index is -1.23. The van der Waals surface area contributed by atoms with Gasteiger partial charge in [0.05, 0.1) is 28.8 Å². The number of rotatable bonds is 3. The van der Waals surface area contributed by atoms with Crippen LogP contribution in [-0.4, -0.2) is 27.1 Å². The Bertz CT molecular complexity index is 648. The number of aromatic carboxylic acids is 1. The third kappa shape index (κ3) is 3.21. The van der Waals surface area contributed by atoms with Gasteiger partial charge in [0.15, 0.2) is 0 Å². The Morgan fingerprint density at radius 1 is 1.15 bits per heavy atom. The van der Waals surface area contributed by atoms with E-state index in [4.69, 9.17) is 16.7 Å². The van der Waals surface area contributed by atoms with Gasteiger partial charge in [0.25, 0.3) is 0 Å². The molecule has 8 heteroatoms. The number of benzene rings is 1. The first-order valence-electron chi connectivity index (χ1n) is 5.43. The highest BCUT2D eigenvalue weighted by molar-refractivity contribution is 6.34. The maximum absolute atomic E-state index is 11.8. The maximum Gasteiger partial charge on any atom is 0.339 e. The van der Waals surface area contributed by atoms with Gasteiger partial charge in [-0.15, -0.1) is 0 Å². The molecular weight excluding hydrogens is 284 g/mol. The second-order valence-electron chi connectivity index (χ2n) is 3.67. The molecule has 0 spiro atoms. The number of carbonyl (C=O) groups excluding carboxylic acids is 1. The molecule has 102 valence electrons. The fraction of sp³-hybridized carbons (Fsp3) is 0. The van der Waals surface area contributed by atoms with Crippen molar-refractivity contribution < 1.29 is 14.7 Å². The molecule has 0 radical (unpaired) electrons. The number of aromatic nitrogens is 2. The number of hydrogen-bond donors (Lipinski definition) is 3. The van der Waals surface area contributed by atoms with Gasteiger partial charge in [-0.1, -0.05) is 17.7 Å². The SMILES string of the molecule is O=C(Nc1cncnc1)Nc1cccc(Cl)c1C(=O)O. The van der Waals surface area contributed by atoms with Crippen LogP contribution < -0.4 is 10.6 Å². The van der Waals surface area contributed by atoms with Gasteiger partial charge in [-0.25, -0.2) is 19.6 Å². The lowest BCUT2D eigenvalue weighted by Gasteiger charge is -2.10. The van der Waals surface area contributed by atoms with E-state index in [0.717, 1.165) is 0 Å². The molecule has 1 heterocycles. The van der Waals surface area contributed by atoms with E-state index >= 15 is 0 Å². The second-order valence-corrected chi connectivity index (χ2v) is 4.08. The normalized spacial score (nSPS) is 9.85. The first-order valence-corrected chi connectivity index (χ1v) is 5.80. The molecular formula is C12H9ClN4O3. The lowest BCUT2D eigenvalue weighted by Crippen LogP contribution is -2.21. The summed E-state index contributed by atoms with van der Waals surface area (Å²) in [5, 5.41) is 14.0. The Labute approximate surface area is 118 Å². The molecule has 3 N–H and O–H groups in total. The number of carbonyl (C=O) groups is 2. The Morgan fingerprint density at radius 3 is 2.50 bits per heavy atom. The summed E-state index contributed by atoms with van der Waals surface area (Å²) in [4.78, 5) is 30.3. The van der Waals surface area contributed by atoms with E-state index in [0.29, 0.717) is 5.69 Å². The molecule has 2 rings (SSSR count). The molecule has 20 heavy (non-hydrogen) atoms. The summed E-state index contributed by atoms with van der Waals surface area (Å²) in [6, 6.07) is 3.79. The minimum Gasteiger partial charge on any atom is -0.478 e. The molecule has 0 fully saturated rings. The van der Waals surface area contributed by atoms with Crippen molar-refractivity contribution in [1.82, 2.24) is 9.97 Å². The van der Waals surface area contributed by atoms with Crippen molar-refractivity contribution in [2.24, 2.45) is 0 Å². The number of urea groups is 1.